The average molecular weight is 496 g/mol. The van der Waals surface area contributed by atoms with Crippen LogP contribution in [0.15, 0.2) is 41.2 Å². The molecule has 0 atom stereocenters. The van der Waals surface area contributed by atoms with Gasteiger partial charge in [0.15, 0.2) is 5.65 Å². The summed E-state index contributed by atoms with van der Waals surface area (Å²) < 4.78 is 42.0. The van der Waals surface area contributed by atoms with Gasteiger partial charge in [0, 0.05) is 30.3 Å². The summed E-state index contributed by atoms with van der Waals surface area (Å²) in [4.78, 5) is 23.5. The number of carbonyl (C=O) groups excluding carboxylic acids is 1. The predicted octanol–water partition coefficient (Wildman–Crippen LogP) is 4.96. The highest BCUT2D eigenvalue weighted by Crippen LogP contribution is 2.33. The zero-order chi connectivity index (χ0) is 25.6. The van der Waals surface area contributed by atoms with Gasteiger partial charge < -0.3 is 14.1 Å². The van der Waals surface area contributed by atoms with Gasteiger partial charge in [-0.1, -0.05) is 20.8 Å². The zero-order valence-electron chi connectivity index (χ0n) is 20.6. The number of pyridine rings is 1. The van der Waals surface area contributed by atoms with Crippen LogP contribution in [0.5, 0.6) is 0 Å². The first kappa shape index (κ1) is 23.9. The summed E-state index contributed by atoms with van der Waals surface area (Å²) in [6.45, 7) is 9.92. The number of benzene rings is 1. The number of fused-ring (bicyclic) bond motifs is 1. The van der Waals surface area contributed by atoms with Gasteiger partial charge in [0.1, 0.15) is 5.82 Å². The third-order valence-corrected chi connectivity index (χ3v) is 6.15. The van der Waals surface area contributed by atoms with Crippen molar-refractivity contribution in [1.82, 2.24) is 14.4 Å². The number of ether oxygens (including phenoxy) is 1. The molecule has 0 bridgehead atoms. The van der Waals surface area contributed by atoms with Gasteiger partial charge in [-0.3, -0.25) is 14.5 Å². The number of nitrogens with zero attached hydrogens (tertiary/aromatic N) is 4. The molecule has 1 saturated heterocycles. The van der Waals surface area contributed by atoms with E-state index in [0.29, 0.717) is 54.5 Å². The fraction of sp³-hybridized carbons (Fsp3) is 0.346. The largest absolute Gasteiger partial charge is 0.424 e. The van der Waals surface area contributed by atoms with Crippen molar-refractivity contribution < 1.29 is 22.7 Å². The van der Waals surface area contributed by atoms with Crippen LogP contribution in [-0.2, 0) is 10.2 Å². The van der Waals surface area contributed by atoms with Gasteiger partial charge in [-0.25, -0.2) is 14.4 Å². The Kier molecular flexibility index (Phi) is 5.99. The first-order valence-corrected chi connectivity index (χ1v) is 11.7. The third-order valence-electron chi connectivity index (χ3n) is 6.15. The lowest BCUT2D eigenvalue weighted by atomic mass is 9.97. The van der Waals surface area contributed by atoms with Gasteiger partial charge in [0.05, 0.1) is 36.9 Å². The normalized spacial score (nSPS) is 14.4. The minimum absolute atomic E-state index is 0.128. The van der Waals surface area contributed by atoms with Crippen molar-refractivity contribution in [3.63, 3.8) is 0 Å². The molecule has 1 aromatic carbocycles. The maximum atomic E-state index is 14.9. The second-order valence-electron chi connectivity index (χ2n) is 9.87. The summed E-state index contributed by atoms with van der Waals surface area (Å²) in [5.41, 5.74) is 2.54. The average Bonchev–Trinajstić information content (AvgIpc) is 3.46. The summed E-state index contributed by atoms with van der Waals surface area (Å²) >= 11 is 0. The van der Waals surface area contributed by atoms with E-state index < -0.39 is 17.7 Å². The molecular weight excluding hydrogens is 468 g/mol. The molecule has 188 valence electrons. The molecule has 1 fully saturated rings. The van der Waals surface area contributed by atoms with E-state index in [1.54, 1.807) is 13.1 Å². The number of oxazole rings is 1. The van der Waals surface area contributed by atoms with Gasteiger partial charge in [-0.2, -0.15) is 4.39 Å². The highest BCUT2D eigenvalue weighted by atomic mass is 19.1. The van der Waals surface area contributed by atoms with Crippen molar-refractivity contribution in [2.75, 3.05) is 36.5 Å². The molecule has 0 aliphatic carbocycles. The molecule has 3 aromatic heterocycles. The molecule has 4 aromatic rings. The number of imidazole rings is 1. The van der Waals surface area contributed by atoms with Crippen LogP contribution in [0.4, 0.5) is 20.4 Å². The minimum Gasteiger partial charge on any atom is -0.424 e. The van der Waals surface area contributed by atoms with Crippen LogP contribution in [0, 0.1) is 18.7 Å². The molecular formula is C26H27F2N5O3. The molecule has 0 unspecified atom stereocenters. The SMILES string of the molecule is Cc1cc(F)c(C(=O)Nc2cnc(C(C)(C)C)o2)cc1-c1cc(N2CCOCC2)c2ncc(F)n2c1. The van der Waals surface area contributed by atoms with Gasteiger partial charge in [0.25, 0.3) is 5.91 Å². The lowest BCUT2D eigenvalue weighted by Crippen LogP contribution is -2.36. The molecule has 0 saturated carbocycles. The molecule has 1 aliphatic heterocycles. The van der Waals surface area contributed by atoms with E-state index in [4.69, 9.17) is 9.15 Å². The van der Waals surface area contributed by atoms with E-state index in [9.17, 15) is 13.6 Å². The number of hydrogen-bond donors (Lipinski definition) is 1. The number of rotatable bonds is 4. The Hall–Kier alpha value is -3.79. The number of nitrogens with one attached hydrogen (secondary N) is 1. The molecule has 1 aliphatic rings. The molecule has 0 spiro atoms. The minimum atomic E-state index is -0.674. The van der Waals surface area contributed by atoms with Crippen LogP contribution in [-0.4, -0.2) is 46.6 Å². The Labute approximate surface area is 206 Å². The smallest absolute Gasteiger partial charge is 0.261 e. The van der Waals surface area contributed by atoms with E-state index in [2.05, 4.69) is 20.2 Å². The highest BCUT2D eigenvalue weighted by molar-refractivity contribution is 6.04. The number of aryl methyl sites for hydroxylation is 1. The summed E-state index contributed by atoms with van der Waals surface area (Å²) in [7, 11) is 0. The van der Waals surface area contributed by atoms with Crippen molar-refractivity contribution in [3.8, 4) is 11.1 Å². The number of hydrogen-bond acceptors (Lipinski definition) is 6. The van der Waals surface area contributed by atoms with E-state index in [-0.39, 0.29) is 16.9 Å². The van der Waals surface area contributed by atoms with Crippen LogP contribution >= 0.6 is 0 Å². The van der Waals surface area contributed by atoms with E-state index >= 15 is 0 Å². The standard InChI is InChI=1S/C26H27F2N5O3/c1-15-9-19(27)18(24(34)31-22-13-30-25(36-22)26(2,3)4)11-17(15)16-10-20(32-5-7-35-8-6-32)23-29-12-21(28)33(23)14-16/h9-14H,5-8H2,1-4H3,(H,31,34). The summed E-state index contributed by atoms with van der Waals surface area (Å²) in [6.07, 6.45) is 4.17. The van der Waals surface area contributed by atoms with E-state index in [0.717, 1.165) is 5.69 Å². The monoisotopic (exact) mass is 495 g/mol. The van der Waals surface area contributed by atoms with Crippen LogP contribution in [0.1, 0.15) is 42.6 Å². The molecule has 8 nitrogen and oxygen atoms in total. The van der Waals surface area contributed by atoms with Crippen molar-refractivity contribution in [1.29, 1.82) is 0 Å². The van der Waals surface area contributed by atoms with E-state index in [1.165, 1.54) is 28.9 Å². The molecule has 0 radical (unpaired) electrons. The topological polar surface area (TPSA) is 84.9 Å². The van der Waals surface area contributed by atoms with Crippen LogP contribution in [0.2, 0.25) is 0 Å². The number of amides is 1. The predicted molar refractivity (Wildman–Crippen MR) is 131 cm³/mol. The lowest BCUT2D eigenvalue weighted by molar-refractivity contribution is 0.102. The van der Waals surface area contributed by atoms with Crippen molar-refractivity contribution >= 4 is 23.1 Å². The second kappa shape index (κ2) is 9.02. The van der Waals surface area contributed by atoms with Crippen molar-refractivity contribution in [3.05, 3.63) is 65.6 Å². The zero-order valence-corrected chi connectivity index (χ0v) is 20.6. The number of anilines is 2. The summed E-state index contributed by atoms with van der Waals surface area (Å²) in [5.74, 6) is -1.28. The molecule has 36 heavy (non-hydrogen) atoms. The molecule has 1 N–H and O–H groups in total. The first-order chi connectivity index (χ1) is 17.1. The quantitative estimate of drug-likeness (QED) is 0.431. The third kappa shape index (κ3) is 4.44. The maximum absolute atomic E-state index is 14.9. The number of morpholine rings is 1. The maximum Gasteiger partial charge on any atom is 0.261 e. The Balaban J connectivity index is 1.54. The summed E-state index contributed by atoms with van der Waals surface area (Å²) in [5, 5.41) is 2.58. The first-order valence-electron chi connectivity index (χ1n) is 11.7. The van der Waals surface area contributed by atoms with Crippen LogP contribution in [0.25, 0.3) is 16.8 Å². The molecule has 4 heterocycles. The van der Waals surface area contributed by atoms with Crippen molar-refractivity contribution in [2.24, 2.45) is 0 Å². The second-order valence-corrected chi connectivity index (χ2v) is 9.87. The fourth-order valence-electron chi connectivity index (χ4n) is 4.24. The number of halogens is 2. The van der Waals surface area contributed by atoms with Gasteiger partial charge in [-0.05, 0) is 36.2 Å². The molecule has 1 amide bonds. The highest BCUT2D eigenvalue weighted by Gasteiger charge is 2.23. The van der Waals surface area contributed by atoms with Gasteiger partial charge in [0.2, 0.25) is 17.7 Å². The van der Waals surface area contributed by atoms with Crippen LogP contribution < -0.4 is 10.2 Å². The van der Waals surface area contributed by atoms with E-state index in [1.807, 2.05) is 26.8 Å². The van der Waals surface area contributed by atoms with Crippen LogP contribution in [0.3, 0.4) is 0 Å². The lowest BCUT2D eigenvalue weighted by Gasteiger charge is -2.29. The number of aromatic nitrogens is 3. The molecule has 10 heteroatoms. The summed E-state index contributed by atoms with van der Waals surface area (Å²) in [6, 6.07) is 4.66. The Morgan fingerprint density at radius 2 is 1.83 bits per heavy atom. The Bertz CT molecular complexity index is 1450. The van der Waals surface area contributed by atoms with Gasteiger partial charge in [-0.15, -0.1) is 0 Å². The van der Waals surface area contributed by atoms with Crippen molar-refractivity contribution in [2.45, 2.75) is 33.1 Å². The molecule has 5 rings (SSSR count). The Morgan fingerprint density at radius 3 is 2.53 bits per heavy atom. The number of carbonyl (C=O) groups is 1. The Morgan fingerprint density at radius 1 is 1.08 bits per heavy atom. The fourth-order valence-corrected chi connectivity index (χ4v) is 4.24. The van der Waals surface area contributed by atoms with Gasteiger partial charge >= 0.3 is 0 Å².